The number of carbonyl (C=O) groups is 1. The van der Waals surface area contributed by atoms with Crippen molar-refractivity contribution >= 4 is 28.1 Å². The van der Waals surface area contributed by atoms with Crippen LogP contribution in [-0.4, -0.2) is 27.8 Å². The van der Waals surface area contributed by atoms with E-state index < -0.39 is 0 Å². The zero-order valence-electron chi connectivity index (χ0n) is 13.2. The summed E-state index contributed by atoms with van der Waals surface area (Å²) >= 11 is 1.46. The van der Waals surface area contributed by atoms with Crippen molar-refractivity contribution in [2.24, 2.45) is 0 Å². The van der Waals surface area contributed by atoms with Gasteiger partial charge in [-0.15, -0.1) is 11.3 Å². The van der Waals surface area contributed by atoms with Crippen LogP contribution in [0.5, 0.6) is 0 Å². The fraction of sp³-hybridized carbons (Fsp3) is 0.294. The largest absolute Gasteiger partial charge is 0.357 e. The number of aryl methyl sites for hydroxylation is 2. The molecule has 2 heterocycles. The van der Waals surface area contributed by atoms with Gasteiger partial charge >= 0.3 is 0 Å². The molecule has 114 valence electrons. The van der Waals surface area contributed by atoms with E-state index in [1.165, 1.54) is 11.3 Å². The van der Waals surface area contributed by atoms with Crippen LogP contribution in [0.3, 0.4) is 0 Å². The maximum Gasteiger partial charge on any atom is 0.266 e. The van der Waals surface area contributed by atoms with Gasteiger partial charge in [0.25, 0.3) is 5.91 Å². The quantitative estimate of drug-likeness (QED) is 0.792. The summed E-state index contributed by atoms with van der Waals surface area (Å²) in [5, 5.41) is 2.09. The number of amides is 1. The molecule has 3 aromatic rings. The molecule has 0 aliphatic heterocycles. The third kappa shape index (κ3) is 2.52. The van der Waals surface area contributed by atoms with E-state index in [0.29, 0.717) is 0 Å². The second-order valence-electron chi connectivity index (χ2n) is 5.55. The molecule has 0 aliphatic carbocycles. The number of aromatic amines is 1. The Hall–Kier alpha value is -2.14. The minimum absolute atomic E-state index is 0.0225. The number of para-hydroxylation sites is 1. The molecule has 1 N–H and O–H groups in total. The van der Waals surface area contributed by atoms with E-state index in [1.54, 1.807) is 4.90 Å². The van der Waals surface area contributed by atoms with E-state index in [4.69, 9.17) is 0 Å². The highest BCUT2D eigenvalue weighted by Gasteiger charge is 2.23. The van der Waals surface area contributed by atoms with Crippen molar-refractivity contribution in [3.63, 3.8) is 0 Å². The minimum Gasteiger partial charge on any atom is -0.357 e. The Morgan fingerprint density at radius 2 is 2.05 bits per heavy atom. The van der Waals surface area contributed by atoms with Gasteiger partial charge in [-0.1, -0.05) is 18.2 Å². The molecule has 22 heavy (non-hydrogen) atoms. The predicted octanol–water partition coefficient (Wildman–Crippen LogP) is 4.07. The fourth-order valence-corrected chi connectivity index (χ4v) is 3.50. The highest BCUT2D eigenvalue weighted by molar-refractivity contribution is 7.13. The van der Waals surface area contributed by atoms with E-state index in [2.05, 4.69) is 22.1 Å². The summed E-state index contributed by atoms with van der Waals surface area (Å²) in [6.45, 7) is 5.85. The monoisotopic (exact) mass is 313 g/mol. The van der Waals surface area contributed by atoms with Gasteiger partial charge in [0, 0.05) is 18.3 Å². The third-order valence-corrected chi connectivity index (χ3v) is 5.06. The topological polar surface area (TPSA) is 49.0 Å². The summed E-state index contributed by atoms with van der Waals surface area (Å²) in [6, 6.07) is 10.2. The highest BCUT2D eigenvalue weighted by Crippen LogP contribution is 2.26. The molecule has 0 saturated carbocycles. The molecule has 2 aromatic heterocycles. The number of hydrogen-bond acceptors (Lipinski definition) is 3. The lowest BCUT2D eigenvalue weighted by Crippen LogP contribution is -2.29. The number of rotatable bonds is 3. The smallest absolute Gasteiger partial charge is 0.266 e. The summed E-state index contributed by atoms with van der Waals surface area (Å²) < 4.78 is 0. The lowest BCUT2D eigenvalue weighted by molar-refractivity contribution is 0.0744. The Kier molecular flexibility index (Phi) is 3.74. The molecule has 1 amide bonds. The summed E-state index contributed by atoms with van der Waals surface area (Å²) in [4.78, 5) is 22.9. The molecule has 0 fully saturated rings. The normalized spacial score (nSPS) is 12.5. The maximum absolute atomic E-state index is 12.7. The Labute approximate surface area is 133 Å². The van der Waals surface area contributed by atoms with Crippen LogP contribution in [0, 0.1) is 13.8 Å². The van der Waals surface area contributed by atoms with Gasteiger partial charge in [0.1, 0.15) is 4.88 Å². The lowest BCUT2D eigenvalue weighted by atomic mass is 10.2. The molecule has 3 rings (SSSR count). The van der Waals surface area contributed by atoms with Gasteiger partial charge in [0.05, 0.1) is 16.7 Å². The first kappa shape index (κ1) is 14.8. The van der Waals surface area contributed by atoms with E-state index in [9.17, 15) is 4.79 Å². The fourth-order valence-electron chi connectivity index (χ4n) is 2.60. The average molecular weight is 313 g/mol. The highest BCUT2D eigenvalue weighted by atomic mass is 32.1. The summed E-state index contributed by atoms with van der Waals surface area (Å²) in [6.07, 6.45) is 0. The van der Waals surface area contributed by atoms with Crippen molar-refractivity contribution < 1.29 is 4.79 Å². The third-order valence-electron chi connectivity index (χ3n) is 4.00. The minimum atomic E-state index is -0.0262. The molecule has 0 saturated heterocycles. The van der Waals surface area contributed by atoms with Gasteiger partial charge in [0.2, 0.25) is 0 Å². The Balaban J connectivity index is 1.89. The van der Waals surface area contributed by atoms with Crippen molar-refractivity contribution in [3.8, 4) is 0 Å². The number of carbonyl (C=O) groups excluding carboxylic acids is 1. The Morgan fingerprint density at radius 1 is 1.32 bits per heavy atom. The number of fused-ring (bicyclic) bond motifs is 1. The number of nitrogens with one attached hydrogen (secondary N) is 1. The van der Waals surface area contributed by atoms with Gasteiger partial charge in [0.15, 0.2) is 0 Å². The van der Waals surface area contributed by atoms with Crippen LogP contribution in [-0.2, 0) is 0 Å². The standard InChI is InChI=1S/C17H19N3OS/c1-10-16(22-12(3)18-10)17(21)20(4)11(2)15-9-13-7-5-6-8-14(13)19-15/h5-9,11,19H,1-4H3. The van der Waals surface area contributed by atoms with Gasteiger partial charge in [-0.3, -0.25) is 4.79 Å². The molecule has 0 bridgehead atoms. The van der Waals surface area contributed by atoms with E-state index in [0.717, 1.165) is 32.2 Å². The summed E-state index contributed by atoms with van der Waals surface area (Å²) in [5.41, 5.74) is 2.94. The van der Waals surface area contributed by atoms with E-state index in [1.807, 2.05) is 46.0 Å². The molecule has 1 atom stereocenters. The number of benzene rings is 1. The SMILES string of the molecule is Cc1nc(C)c(C(=O)N(C)C(C)c2cc3ccccc3[nH]2)s1. The molecule has 5 heteroatoms. The van der Waals surface area contributed by atoms with Gasteiger partial charge < -0.3 is 9.88 Å². The number of H-pyrrole nitrogens is 1. The van der Waals surface area contributed by atoms with Crippen molar-refractivity contribution in [1.82, 2.24) is 14.9 Å². The Bertz CT molecular complexity index is 800. The molecule has 0 radical (unpaired) electrons. The Morgan fingerprint density at radius 3 is 2.68 bits per heavy atom. The van der Waals surface area contributed by atoms with Crippen LogP contribution in [0.2, 0.25) is 0 Å². The van der Waals surface area contributed by atoms with Crippen LogP contribution < -0.4 is 0 Å². The van der Waals surface area contributed by atoms with Gasteiger partial charge in [-0.2, -0.15) is 0 Å². The molecular formula is C17H19N3OS. The number of nitrogens with zero attached hydrogens (tertiary/aromatic N) is 2. The van der Waals surface area contributed by atoms with Crippen molar-refractivity contribution in [2.75, 3.05) is 7.05 Å². The summed E-state index contributed by atoms with van der Waals surface area (Å²) in [5.74, 6) is 0.0225. The molecule has 1 aromatic carbocycles. The lowest BCUT2D eigenvalue weighted by Gasteiger charge is -2.23. The van der Waals surface area contributed by atoms with Crippen LogP contribution in [0.4, 0.5) is 0 Å². The zero-order chi connectivity index (χ0) is 15.9. The predicted molar refractivity (Wildman–Crippen MR) is 90.4 cm³/mol. The molecule has 4 nitrogen and oxygen atoms in total. The second kappa shape index (κ2) is 5.57. The second-order valence-corrected chi connectivity index (χ2v) is 6.75. The first-order chi connectivity index (χ1) is 10.5. The van der Waals surface area contributed by atoms with E-state index in [-0.39, 0.29) is 11.9 Å². The van der Waals surface area contributed by atoms with E-state index >= 15 is 0 Å². The first-order valence-electron chi connectivity index (χ1n) is 7.26. The van der Waals surface area contributed by atoms with Gasteiger partial charge in [-0.05, 0) is 38.3 Å². The molecule has 1 unspecified atom stereocenters. The van der Waals surface area contributed by atoms with Crippen LogP contribution in [0.25, 0.3) is 10.9 Å². The van der Waals surface area contributed by atoms with Crippen molar-refractivity contribution in [3.05, 3.63) is 51.6 Å². The number of thiazole rings is 1. The zero-order valence-corrected chi connectivity index (χ0v) is 14.0. The molecule has 0 spiro atoms. The maximum atomic E-state index is 12.7. The average Bonchev–Trinajstić information content (AvgIpc) is 3.07. The number of aromatic nitrogens is 2. The first-order valence-corrected chi connectivity index (χ1v) is 8.08. The molecular weight excluding hydrogens is 294 g/mol. The van der Waals surface area contributed by atoms with Gasteiger partial charge in [-0.25, -0.2) is 4.98 Å². The molecule has 0 aliphatic rings. The van der Waals surface area contributed by atoms with Crippen molar-refractivity contribution in [2.45, 2.75) is 26.8 Å². The summed E-state index contributed by atoms with van der Waals surface area (Å²) in [7, 11) is 1.84. The van der Waals surface area contributed by atoms with Crippen LogP contribution in [0.15, 0.2) is 30.3 Å². The van der Waals surface area contributed by atoms with Crippen LogP contribution in [0.1, 0.15) is 39.0 Å². The van der Waals surface area contributed by atoms with Crippen molar-refractivity contribution in [1.29, 1.82) is 0 Å². The van der Waals surface area contributed by atoms with Crippen LogP contribution >= 0.6 is 11.3 Å². The number of hydrogen-bond donors (Lipinski definition) is 1.